The number of aromatic nitrogens is 1. The third kappa shape index (κ3) is 3.32. The highest BCUT2D eigenvalue weighted by Crippen LogP contribution is 2.25. The number of hydrogen-bond donors (Lipinski definition) is 2. The second kappa shape index (κ2) is 6.15. The van der Waals surface area contributed by atoms with Crippen molar-refractivity contribution in [1.82, 2.24) is 10.4 Å². The van der Waals surface area contributed by atoms with Crippen molar-refractivity contribution in [2.24, 2.45) is 5.84 Å². The zero-order valence-corrected chi connectivity index (χ0v) is 11.9. The minimum Gasteiger partial charge on any atom is -0.271 e. The second-order valence-electron chi connectivity index (χ2n) is 4.75. The normalized spacial score (nSPS) is 12.4. The van der Waals surface area contributed by atoms with Gasteiger partial charge in [-0.2, -0.15) is 0 Å². The summed E-state index contributed by atoms with van der Waals surface area (Å²) in [6.07, 6.45) is 4.17. The van der Waals surface area contributed by atoms with E-state index in [1.54, 1.807) is 12.4 Å². The molecule has 0 radical (unpaired) electrons. The van der Waals surface area contributed by atoms with Crippen molar-refractivity contribution in [3.8, 4) is 0 Å². The van der Waals surface area contributed by atoms with E-state index in [1.165, 1.54) is 16.7 Å². The Kier molecular flexibility index (Phi) is 4.53. The fraction of sp³-hybridized carbons (Fsp3) is 0.267. The summed E-state index contributed by atoms with van der Waals surface area (Å²) in [6.45, 7) is 4.20. The molecule has 0 aliphatic rings. The van der Waals surface area contributed by atoms with E-state index in [0.29, 0.717) is 5.02 Å². The first-order valence-corrected chi connectivity index (χ1v) is 6.61. The molecule has 0 spiro atoms. The fourth-order valence-corrected chi connectivity index (χ4v) is 2.42. The lowest BCUT2D eigenvalue weighted by Gasteiger charge is -2.19. The molecule has 0 aliphatic heterocycles. The number of nitrogens with two attached hydrogens (primary N) is 1. The largest absolute Gasteiger partial charge is 0.271 e. The van der Waals surface area contributed by atoms with Gasteiger partial charge in [0.05, 0.1) is 11.1 Å². The van der Waals surface area contributed by atoms with Crippen LogP contribution in [0.2, 0.25) is 5.02 Å². The van der Waals surface area contributed by atoms with Crippen molar-refractivity contribution in [2.75, 3.05) is 0 Å². The Bertz CT molecular complexity index is 569. The topological polar surface area (TPSA) is 50.9 Å². The number of benzene rings is 1. The lowest BCUT2D eigenvalue weighted by molar-refractivity contribution is 0.550. The van der Waals surface area contributed by atoms with Gasteiger partial charge in [0.1, 0.15) is 0 Å². The van der Waals surface area contributed by atoms with Crippen LogP contribution >= 0.6 is 11.6 Å². The van der Waals surface area contributed by atoms with Crippen molar-refractivity contribution in [1.29, 1.82) is 0 Å². The average molecular weight is 276 g/mol. The smallest absolute Gasteiger partial charge is 0.0637 e. The van der Waals surface area contributed by atoms with Gasteiger partial charge in [-0.25, -0.2) is 0 Å². The molecule has 0 amide bonds. The molecule has 1 atom stereocenters. The van der Waals surface area contributed by atoms with Gasteiger partial charge in [-0.3, -0.25) is 16.3 Å². The lowest BCUT2D eigenvalue weighted by atomic mass is 9.96. The number of rotatable bonds is 4. The van der Waals surface area contributed by atoms with Gasteiger partial charge in [0.15, 0.2) is 0 Å². The number of nitrogens with zero attached hydrogens (tertiary/aromatic N) is 1. The Balaban J connectivity index is 2.29. The quantitative estimate of drug-likeness (QED) is 0.666. The molecule has 4 heteroatoms. The standard InChI is InChI=1S/C15H18ClN3/c1-10-3-4-11(2)12(7-10)8-15(19-17)13-5-6-18-9-14(13)16/h3-7,9,15,19H,8,17H2,1-2H3. The van der Waals surface area contributed by atoms with E-state index in [4.69, 9.17) is 17.4 Å². The summed E-state index contributed by atoms with van der Waals surface area (Å²) < 4.78 is 0. The lowest BCUT2D eigenvalue weighted by Crippen LogP contribution is -2.30. The monoisotopic (exact) mass is 275 g/mol. The Morgan fingerprint density at radius 1 is 1.32 bits per heavy atom. The van der Waals surface area contributed by atoms with E-state index in [-0.39, 0.29) is 6.04 Å². The molecule has 1 unspecified atom stereocenters. The third-order valence-electron chi connectivity index (χ3n) is 3.31. The first kappa shape index (κ1) is 14.0. The predicted molar refractivity (Wildman–Crippen MR) is 78.9 cm³/mol. The van der Waals surface area contributed by atoms with E-state index < -0.39 is 0 Å². The number of hydrogen-bond acceptors (Lipinski definition) is 3. The molecule has 0 fully saturated rings. The Morgan fingerprint density at radius 2 is 2.11 bits per heavy atom. The molecule has 0 bridgehead atoms. The van der Waals surface area contributed by atoms with Crippen LogP contribution in [-0.2, 0) is 6.42 Å². The Morgan fingerprint density at radius 3 is 2.79 bits per heavy atom. The number of halogens is 1. The van der Waals surface area contributed by atoms with Gasteiger partial charge in [0.25, 0.3) is 0 Å². The van der Waals surface area contributed by atoms with Crippen LogP contribution in [0.5, 0.6) is 0 Å². The van der Waals surface area contributed by atoms with Crippen molar-refractivity contribution in [3.63, 3.8) is 0 Å². The average Bonchev–Trinajstić information content (AvgIpc) is 2.41. The summed E-state index contributed by atoms with van der Waals surface area (Å²) in [5.41, 5.74) is 7.60. The molecule has 3 N–H and O–H groups in total. The van der Waals surface area contributed by atoms with E-state index >= 15 is 0 Å². The maximum absolute atomic E-state index is 6.18. The second-order valence-corrected chi connectivity index (χ2v) is 5.16. The molecule has 0 saturated heterocycles. The highest BCUT2D eigenvalue weighted by atomic mass is 35.5. The summed E-state index contributed by atoms with van der Waals surface area (Å²) in [4.78, 5) is 4.00. The Hall–Kier alpha value is -1.42. The molecule has 2 aromatic rings. The van der Waals surface area contributed by atoms with Gasteiger partial charge >= 0.3 is 0 Å². The van der Waals surface area contributed by atoms with Crippen LogP contribution in [0, 0.1) is 13.8 Å². The molecule has 0 saturated carbocycles. The zero-order chi connectivity index (χ0) is 13.8. The van der Waals surface area contributed by atoms with Gasteiger partial charge in [0, 0.05) is 12.4 Å². The molecular weight excluding hydrogens is 258 g/mol. The van der Waals surface area contributed by atoms with Crippen LogP contribution in [0.15, 0.2) is 36.7 Å². The van der Waals surface area contributed by atoms with Crippen molar-refractivity contribution < 1.29 is 0 Å². The third-order valence-corrected chi connectivity index (χ3v) is 3.62. The molecule has 19 heavy (non-hydrogen) atoms. The number of hydrazine groups is 1. The molecule has 100 valence electrons. The van der Waals surface area contributed by atoms with Crippen LogP contribution in [0.1, 0.15) is 28.3 Å². The van der Waals surface area contributed by atoms with Crippen LogP contribution in [0.25, 0.3) is 0 Å². The van der Waals surface area contributed by atoms with Crippen LogP contribution in [0.4, 0.5) is 0 Å². The first-order chi connectivity index (χ1) is 9.11. The first-order valence-electron chi connectivity index (χ1n) is 6.23. The zero-order valence-electron chi connectivity index (χ0n) is 11.2. The number of pyridine rings is 1. The van der Waals surface area contributed by atoms with E-state index in [0.717, 1.165) is 12.0 Å². The van der Waals surface area contributed by atoms with Crippen LogP contribution in [0.3, 0.4) is 0 Å². The maximum atomic E-state index is 6.18. The summed E-state index contributed by atoms with van der Waals surface area (Å²) in [5.74, 6) is 5.68. The summed E-state index contributed by atoms with van der Waals surface area (Å²) in [5, 5.41) is 0.635. The molecule has 1 heterocycles. The molecule has 1 aromatic carbocycles. The van der Waals surface area contributed by atoms with E-state index in [1.807, 2.05) is 6.07 Å². The highest BCUT2D eigenvalue weighted by molar-refractivity contribution is 6.31. The van der Waals surface area contributed by atoms with E-state index in [2.05, 4.69) is 42.5 Å². The van der Waals surface area contributed by atoms with Crippen molar-refractivity contribution >= 4 is 11.6 Å². The summed E-state index contributed by atoms with van der Waals surface area (Å²) >= 11 is 6.18. The molecular formula is C15H18ClN3. The van der Waals surface area contributed by atoms with Gasteiger partial charge in [-0.1, -0.05) is 35.4 Å². The fourth-order valence-electron chi connectivity index (χ4n) is 2.17. The summed E-state index contributed by atoms with van der Waals surface area (Å²) in [6, 6.07) is 8.32. The molecule has 0 aliphatic carbocycles. The van der Waals surface area contributed by atoms with Crippen LogP contribution in [-0.4, -0.2) is 4.98 Å². The maximum Gasteiger partial charge on any atom is 0.0637 e. The molecule has 1 aromatic heterocycles. The minimum atomic E-state index is -0.0176. The predicted octanol–water partition coefficient (Wildman–Crippen LogP) is 3.10. The number of aryl methyl sites for hydroxylation is 2. The van der Waals surface area contributed by atoms with Crippen molar-refractivity contribution in [3.05, 3.63) is 63.9 Å². The number of nitrogens with one attached hydrogen (secondary N) is 1. The van der Waals surface area contributed by atoms with Crippen molar-refractivity contribution in [2.45, 2.75) is 26.3 Å². The highest BCUT2D eigenvalue weighted by Gasteiger charge is 2.15. The summed E-state index contributed by atoms with van der Waals surface area (Å²) in [7, 11) is 0. The van der Waals surface area contributed by atoms with Crippen LogP contribution < -0.4 is 11.3 Å². The SMILES string of the molecule is Cc1ccc(C)c(CC(NN)c2ccncc2Cl)c1. The van der Waals surface area contributed by atoms with Gasteiger partial charge < -0.3 is 0 Å². The minimum absolute atomic E-state index is 0.0176. The van der Waals surface area contributed by atoms with Gasteiger partial charge in [-0.05, 0) is 43.0 Å². The molecule has 3 nitrogen and oxygen atoms in total. The van der Waals surface area contributed by atoms with Gasteiger partial charge in [0.2, 0.25) is 0 Å². The molecule has 2 rings (SSSR count). The van der Waals surface area contributed by atoms with E-state index in [9.17, 15) is 0 Å². The Labute approximate surface area is 118 Å². The van der Waals surface area contributed by atoms with Gasteiger partial charge in [-0.15, -0.1) is 0 Å².